The van der Waals surface area contributed by atoms with E-state index in [0.717, 1.165) is 112 Å². The number of nitrogens with two attached hydrogens (primary N) is 1. The van der Waals surface area contributed by atoms with Crippen molar-refractivity contribution in [3.05, 3.63) is 93.1 Å². The third-order valence-corrected chi connectivity index (χ3v) is 18.5. The molecule has 2 heterocycles. The quantitative estimate of drug-likeness (QED) is 0.130. The van der Waals surface area contributed by atoms with Crippen LogP contribution in [0.4, 0.5) is 0 Å². The van der Waals surface area contributed by atoms with Gasteiger partial charge in [-0.1, -0.05) is 49.0 Å². The van der Waals surface area contributed by atoms with Gasteiger partial charge in [-0.3, -0.25) is 10.2 Å². The molecule has 2 aliphatic heterocycles. The highest BCUT2D eigenvalue weighted by atomic mass is 32.1. The standard InChI is InChI=1S/C29H33N3O3S.C28H30O4.C3H6O.H2O/c1-3-11-29(33)12-10-23-21-7-4-17-13-19(31-32-27(30)36)6-8-20(17)26(21)22(15-28(23,29)2)18-5-9-24-25(14-18)35-16-34-24;1-3-11-28(30)12-10-23-21-7-4-17-13-19(29)6-8-20(17)26(21)22(15-27(23,28)2)18-5-9-24-25(14-18)32-16-31-24;1-3(2)4;/h5,9,13-14,21-23,33H,4,6-8,10,12,15-16H2,1-2H3,(H3,30,32,36);5,9,13-14,21-23,30H,4,6-8,10,12,15-16H2,1-2H3;1-2H3;1H2/t21-,22+,23-,28-,29-;21-,22+,23-,27-,28-;;/m00../s1. The molecule has 4 saturated carbocycles. The van der Waals surface area contributed by atoms with Crippen LogP contribution >= 0.6 is 12.2 Å². The number of hydrogen-bond acceptors (Lipinski definition) is 10. The SMILES string of the molecule is CC#C[C@]1(O)CC[C@H]2[C@@H]3CCC4=CC(=NNC(N)=S)CCC4=C3[C@@H](c3ccc4c(c3)OCO4)C[C@@]21C.CC#C[C@]1(O)CC[C@H]2[C@@H]3CCC4=CC(=O)CCC4=C3[C@@H](c3ccc4c(c3)OCO4)C[C@@]21C.CC(C)=O.O. The van der Waals surface area contributed by atoms with Gasteiger partial charge in [-0.25, -0.2) is 0 Å². The lowest BCUT2D eigenvalue weighted by atomic mass is 9.51. The average Bonchev–Trinajstić information content (AvgIpc) is 4.14. The minimum absolute atomic E-state index is 0. The zero-order valence-corrected chi connectivity index (χ0v) is 44.0. The summed E-state index contributed by atoms with van der Waals surface area (Å²) < 4.78 is 22.6. The van der Waals surface area contributed by atoms with E-state index < -0.39 is 11.2 Å². The number of ether oxygens (including phenoxy) is 4. The van der Waals surface area contributed by atoms with E-state index in [2.05, 4.69) is 78.4 Å². The lowest BCUT2D eigenvalue weighted by Gasteiger charge is -2.53. The molecule has 0 unspecified atom stereocenters. The van der Waals surface area contributed by atoms with Gasteiger partial charge in [0.2, 0.25) is 13.6 Å². The molecular formula is C60H71N3O9S. The van der Waals surface area contributed by atoms with Crippen molar-refractivity contribution in [2.45, 2.75) is 154 Å². The van der Waals surface area contributed by atoms with Crippen molar-refractivity contribution in [1.82, 2.24) is 5.43 Å². The summed E-state index contributed by atoms with van der Waals surface area (Å²) in [5.74, 6) is 18.3. The van der Waals surface area contributed by atoms with Crippen LogP contribution in [0.5, 0.6) is 23.0 Å². The number of hydrazone groups is 1. The molecule has 0 radical (unpaired) electrons. The van der Waals surface area contributed by atoms with E-state index >= 15 is 0 Å². The van der Waals surface area contributed by atoms with E-state index in [1.54, 1.807) is 5.57 Å². The number of aliphatic hydroxyl groups is 2. The molecule has 4 fully saturated rings. The fourth-order valence-corrected chi connectivity index (χ4v) is 15.3. The highest BCUT2D eigenvalue weighted by molar-refractivity contribution is 7.80. The number of carbonyl (C=O) groups is 2. The monoisotopic (exact) mass is 1010 g/mol. The number of fused-ring (bicyclic) bond motifs is 10. The van der Waals surface area contributed by atoms with Crippen molar-refractivity contribution < 1.29 is 44.2 Å². The number of nitrogens with zero attached hydrogens (tertiary/aromatic N) is 1. The molecule has 2 aromatic carbocycles. The number of carbonyl (C=O) groups excluding carboxylic acids is 2. The summed E-state index contributed by atoms with van der Waals surface area (Å²) in [7, 11) is 0. The molecule has 0 spiro atoms. The molecule has 0 saturated heterocycles. The van der Waals surface area contributed by atoms with Gasteiger partial charge in [-0.2, -0.15) is 5.10 Å². The van der Waals surface area contributed by atoms with Crippen molar-refractivity contribution in [3.8, 4) is 46.7 Å². The van der Waals surface area contributed by atoms with Crippen LogP contribution in [0.15, 0.2) is 87.1 Å². The van der Waals surface area contributed by atoms with Gasteiger partial charge < -0.3 is 45.2 Å². The Morgan fingerprint density at radius 1 is 0.699 bits per heavy atom. The summed E-state index contributed by atoms with van der Waals surface area (Å²) in [6.07, 6.45) is 16.7. The van der Waals surface area contributed by atoms with Crippen LogP contribution in [0, 0.1) is 58.2 Å². The van der Waals surface area contributed by atoms with E-state index in [1.807, 2.05) is 32.1 Å². The predicted octanol–water partition coefficient (Wildman–Crippen LogP) is 9.53. The van der Waals surface area contributed by atoms with E-state index in [-0.39, 0.29) is 58.4 Å². The first kappa shape index (κ1) is 52.2. The van der Waals surface area contributed by atoms with E-state index in [1.165, 1.54) is 52.8 Å². The summed E-state index contributed by atoms with van der Waals surface area (Å²) >= 11 is 4.93. The number of rotatable bonds is 3. The normalized spacial score (nSPS) is 34.0. The van der Waals surface area contributed by atoms with Gasteiger partial charge in [0, 0.05) is 29.1 Å². The Kier molecular flexibility index (Phi) is 14.4. The average molecular weight is 1010 g/mol. The second kappa shape index (κ2) is 20.2. The molecule has 10 aliphatic rings. The maximum absolute atomic E-state index is 12.2. The van der Waals surface area contributed by atoms with Crippen LogP contribution in [0.25, 0.3) is 0 Å². The summed E-state index contributed by atoms with van der Waals surface area (Å²) in [4.78, 5) is 21.6. The largest absolute Gasteiger partial charge is 0.454 e. The summed E-state index contributed by atoms with van der Waals surface area (Å²) in [6.45, 7) is 11.8. The number of ketones is 2. The summed E-state index contributed by atoms with van der Waals surface area (Å²) in [6, 6.07) is 12.7. The van der Waals surface area contributed by atoms with Gasteiger partial charge in [0.15, 0.2) is 33.9 Å². The first-order valence-corrected chi connectivity index (χ1v) is 26.5. The van der Waals surface area contributed by atoms with Gasteiger partial charge in [0.1, 0.15) is 17.0 Å². The Morgan fingerprint density at radius 3 is 1.62 bits per heavy atom. The third kappa shape index (κ3) is 9.13. The second-order valence-electron chi connectivity index (χ2n) is 22.3. The molecule has 0 amide bonds. The number of hydrogen-bond donors (Lipinski definition) is 4. The van der Waals surface area contributed by atoms with Crippen molar-refractivity contribution in [1.29, 1.82) is 0 Å². The van der Waals surface area contributed by atoms with Crippen LogP contribution < -0.4 is 30.1 Å². The van der Waals surface area contributed by atoms with Crippen LogP contribution in [0.3, 0.4) is 0 Å². The van der Waals surface area contributed by atoms with Crippen LogP contribution in [-0.2, 0) is 9.59 Å². The lowest BCUT2D eigenvalue weighted by Crippen LogP contribution is -2.51. The molecule has 386 valence electrons. The fourth-order valence-electron chi connectivity index (χ4n) is 15.2. The van der Waals surface area contributed by atoms with E-state index in [0.29, 0.717) is 30.1 Å². The molecule has 73 heavy (non-hydrogen) atoms. The minimum Gasteiger partial charge on any atom is -0.454 e. The first-order valence-electron chi connectivity index (χ1n) is 26.1. The Morgan fingerprint density at radius 2 is 1.15 bits per heavy atom. The molecule has 0 aromatic heterocycles. The molecule has 7 N–H and O–H groups in total. The molecule has 12 nitrogen and oxygen atoms in total. The van der Waals surface area contributed by atoms with Crippen LogP contribution in [-0.4, -0.2) is 62.9 Å². The number of allylic oxidation sites excluding steroid dienone is 8. The highest BCUT2D eigenvalue weighted by Gasteiger charge is 2.64. The molecular weight excluding hydrogens is 939 g/mol. The number of benzene rings is 2. The number of thiocarbonyl (C=S) groups is 1. The van der Waals surface area contributed by atoms with Crippen molar-refractivity contribution in [2.24, 2.45) is 45.3 Å². The van der Waals surface area contributed by atoms with Gasteiger partial charge >= 0.3 is 0 Å². The third-order valence-electron chi connectivity index (χ3n) is 18.4. The summed E-state index contributed by atoms with van der Waals surface area (Å²) in [5, 5.41) is 28.2. The smallest absolute Gasteiger partial charge is 0.231 e. The molecule has 10 atom stereocenters. The Balaban J connectivity index is 0.000000166. The number of nitrogens with one attached hydrogen (secondary N) is 1. The zero-order chi connectivity index (χ0) is 50.7. The lowest BCUT2D eigenvalue weighted by molar-refractivity contribution is -0.115. The Bertz CT molecular complexity index is 2910. The second-order valence-corrected chi connectivity index (χ2v) is 22.7. The van der Waals surface area contributed by atoms with Crippen molar-refractivity contribution in [3.63, 3.8) is 0 Å². The van der Waals surface area contributed by atoms with Gasteiger partial charge in [0.25, 0.3) is 0 Å². The van der Waals surface area contributed by atoms with E-state index in [4.69, 9.17) is 36.9 Å². The Hall–Kier alpha value is -5.70. The molecule has 8 aliphatic carbocycles. The molecule has 0 bridgehead atoms. The number of Topliss-reactive ketones (excluding diaryl/α,β-unsaturated/α-hetero) is 1. The maximum Gasteiger partial charge on any atom is 0.231 e. The van der Waals surface area contributed by atoms with E-state index in [9.17, 15) is 19.8 Å². The van der Waals surface area contributed by atoms with Crippen molar-refractivity contribution >= 4 is 34.6 Å². The summed E-state index contributed by atoms with van der Waals surface area (Å²) in [5.41, 5.74) is 18.0. The predicted molar refractivity (Wildman–Crippen MR) is 285 cm³/mol. The fraction of sp³-hybridized carbons (Fsp3) is 0.533. The van der Waals surface area contributed by atoms with Crippen LogP contribution in [0.1, 0.15) is 154 Å². The molecule has 2 aromatic rings. The molecule has 12 rings (SSSR count). The van der Waals surface area contributed by atoms with Crippen LogP contribution in [0.2, 0.25) is 0 Å². The maximum atomic E-state index is 12.2. The van der Waals surface area contributed by atoms with Gasteiger partial charge in [-0.05, 0) is 217 Å². The van der Waals surface area contributed by atoms with Gasteiger partial charge in [-0.15, -0.1) is 11.8 Å². The van der Waals surface area contributed by atoms with Crippen molar-refractivity contribution in [2.75, 3.05) is 13.6 Å². The minimum atomic E-state index is -0.952. The topological polar surface area (TPSA) is 193 Å². The zero-order valence-electron chi connectivity index (χ0n) is 43.2. The molecule has 13 heteroatoms. The highest BCUT2D eigenvalue weighted by Crippen LogP contribution is 2.68. The van der Waals surface area contributed by atoms with Gasteiger partial charge in [0.05, 0.1) is 5.71 Å². The first-order chi connectivity index (χ1) is 34.5. The Labute approximate surface area is 435 Å².